The molecule has 0 radical (unpaired) electrons. The van der Waals surface area contributed by atoms with E-state index in [4.69, 9.17) is 4.52 Å². The molecule has 0 bridgehead atoms. The van der Waals surface area contributed by atoms with Gasteiger partial charge in [-0.05, 0) is 26.2 Å². The third-order valence-corrected chi connectivity index (χ3v) is 4.21. The van der Waals surface area contributed by atoms with Crippen LogP contribution in [-0.2, 0) is 16.0 Å². The van der Waals surface area contributed by atoms with E-state index in [1.165, 1.54) is 0 Å². The first-order valence-electron chi connectivity index (χ1n) is 8.58. The Kier molecular flexibility index (Phi) is 5.42. The zero-order valence-corrected chi connectivity index (χ0v) is 14.2. The van der Waals surface area contributed by atoms with Gasteiger partial charge in [0.15, 0.2) is 0 Å². The smallest absolute Gasteiger partial charge is 0.242 e. The summed E-state index contributed by atoms with van der Waals surface area (Å²) in [5, 5.41) is 9.54. The first kappa shape index (κ1) is 17.1. The number of amides is 2. The molecule has 132 valence electrons. The summed E-state index contributed by atoms with van der Waals surface area (Å²) in [6, 6.07) is 7.39. The largest absolute Gasteiger partial charge is 0.354 e. The molecule has 2 heterocycles. The van der Waals surface area contributed by atoms with Crippen LogP contribution in [0.1, 0.15) is 37.1 Å². The van der Waals surface area contributed by atoms with Gasteiger partial charge in [0.2, 0.25) is 23.5 Å². The molecule has 1 fully saturated rings. The van der Waals surface area contributed by atoms with E-state index in [0.29, 0.717) is 31.1 Å². The fraction of sp³-hybridized carbons (Fsp3) is 0.444. The highest BCUT2D eigenvalue weighted by molar-refractivity contribution is 5.87. The maximum atomic E-state index is 12.1. The molecule has 0 saturated carbocycles. The summed E-state index contributed by atoms with van der Waals surface area (Å²) in [6.45, 7) is 2.69. The molecule has 25 heavy (non-hydrogen) atoms. The zero-order chi connectivity index (χ0) is 17.6. The molecule has 1 atom stereocenters. The van der Waals surface area contributed by atoms with Crippen LogP contribution < -0.4 is 10.6 Å². The Labute approximate surface area is 146 Å². The van der Waals surface area contributed by atoms with E-state index < -0.39 is 6.04 Å². The number of aromatic nitrogens is 2. The van der Waals surface area contributed by atoms with E-state index in [-0.39, 0.29) is 18.2 Å². The van der Waals surface area contributed by atoms with Crippen molar-refractivity contribution in [1.29, 1.82) is 0 Å². The van der Waals surface area contributed by atoms with Gasteiger partial charge in [-0.15, -0.1) is 0 Å². The molecule has 1 aromatic carbocycles. The number of rotatable bonds is 5. The molecular weight excluding hydrogens is 320 g/mol. The van der Waals surface area contributed by atoms with Crippen LogP contribution in [0.25, 0.3) is 11.4 Å². The Bertz CT molecular complexity index is 739. The van der Waals surface area contributed by atoms with Gasteiger partial charge < -0.3 is 15.2 Å². The molecule has 7 heteroatoms. The lowest BCUT2D eigenvalue weighted by Crippen LogP contribution is -2.45. The number of carbonyl (C=O) groups excluding carboxylic acids is 2. The Balaban J connectivity index is 1.52. The number of hydrogen-bond acceptors (Lipinski definition) is 5. The fourth-order valence-electron chi connectivity index (χ4n) is 2.74. The molecule has 2 aromatic rings. The summed E-state index contributed by atoms with van der Waals surface area (Å²) < 4.78 is 5.21. The van der Waals surface area contributed by atoms with Crippen molar-refractivity contribution in [2.24, 2.45) is 0 Å². The average molecular weight is 342 g/mol. The van der Waals surface area contributed by atoms with Crippen molar-refractivity contribution in [2.75, 3.05) is 6.54 Å². The number of nitrogens with one attached hydrogen (secondary N) is 2. The van der Waals surface area contributed by atoms with Gasteiger partial charge in [-0.3, -0.25) is 9.59 Å². The highest BCUT2D eigenvalue weighted by atomic mass is 16.5. The second kappa shape index (κ2) is 7.92. The Morgan fingerprint density at radius 2 is 2.12 bits per heavy atom. The molecule has 1 saturated heterocycles. The van der Waals surface area contributed by atoms with E-state index in [1.54, 1.807) is 0 Å². The van der Waals surface area contributed by atoms with Crippen LogP contribution in [0.2, 0.25) is 0 Å². The third-order valence-electron chi connectivity index (χ3n) is 4.21. The van der Waals surface area contributed by atoms with Crippen LogP contribution >= 0.6 is 0 Å². The van der Waals surface area contributed by atoms with E-state index in [9.17, 15) is 9.59 Å². The fourth-order valence-corrected chi connectivity index (χ4v) is 2.74. The van der Waals surface area contributed by atoms with E-state index in [1.807, 2.05) is 31.2 Å². The molecule has 1 unspecified atom stereocenters. The van der Waals surface area contributed by atoms with Gasteiger partial charge in [-0.25, -0.2) is 0 Å². The van der Waals surface area contributed by atoms with Crippen molar-refractivity contribution in [2.45, 2.75) is 45.1 Å². The van der Waals surface area contributed by atoms with Crippen LogP contribution in [-0.4, -0.2) is 34.5 Å². The van der Waals surface area contributed by atoms with Crippen LogP contribution in [0.3, 0.4) is 0 Å². The monoisotopic (exact) mass is 342 g/mol. The average Bonchev–Trinajstić information content (AvgIpc) is 2.99. The topological polar surface area (TPSA) is 97.1 Å². The Morgan fingerprint density at radius 1 is 1.32 bits per heavy atom. The van der Waals surface area contributed by atoms with Crippen molar-refractivity contribution in [1.82, 2.24) is 20.8 Å². The number of nitrogens with zero attached hydrogens (tertiary/aromatic N) is 2. The minimum absolute atomic E-state index is 0.106. The first-order chi connectivity index (χ1) is 12.1. The van der Waals surface area contributed by atoms with E-state index in [0.717, 1.165) is 24.0 Å². The summed E-state index contributed by atoms with van der Waals surface area (Å²) in [5.41, 5.74) is 2.03. The quantitative estimate of drug-likeness (QED) is 0.863. The molecule has 1 aliphatic heterocycles. The van der Waals surface area contributed by atoms with Gasteiger partial charge in [0.25, 0.3) is 0 Å². The highest BCUT2D eigenvalue weighted by Gasteiger charge is 2.22. The molecule has 1 aromatic heterocycles. The maximum absolute atomic E-state index is 12.1. The Hall–Kier alpha value is -2.70. The summed E-state index contributed by atoms with van der Waals surface area (Å²) in [7, 11) is 0. The predicted octanol–water partition coefficient (Wildman–Crippen LogP) is 1.76. The van der Waals surface area contributed by atoms with Crippen LogP contribution in [0.15, 0.2) is 28.8 Å². The summed E-state index contributed by atoms with van der Waals surface area (Å²) in [4.78, 5) is 28.2. The van der Waals surface area contributed by atoms with Crippen LogP contribution in [0.4, 0.5) is 0 Å². The van der Waals surface area contributed by atoms with Crippen molar-refractivity contribution in [3.63, 3.8) is 0 Å². The zero-order valence-electron chi connectivity index (χ0n) is 14.2. The molecular formula is C18H22N4O3. The summed E-state index contributed by atoms with van der Waals surface area (Å²) in [6.07, 6.45) is 3.10. The first-order valence-corrected chi connectivity index (χ1v) is 8.58. The van der Waals surface area contributed by atoms with Crippen molar-refractivity contribution in [3.05, 3.63) is 35.7 Å². The molecule has 7 nitrogen and oxygen atoms in total. The van der Waals surface area contributed by atoms with Crippen molar-refractivity contribution >= 4 is 11.8 Å². The number of hydrogen-bond donors (Lipinski definition) is 2. The van der Waals surface area contributed by atoms with Gasteiger partial charge in [0.1, 0.15) is 6.04 Å². The van der Waals surface area contributed by atoms with Crippen molar-refractivity contribution in [3.8, 4) is 11.4 Å². The lowest BCUT2D eigenvalue weighted by molar-refractivity contribution is -0.128. The lowest BCUT2D eigenvalue weighted by atomic mass is 10.1. The summed E-state index contributed by atoms with van der Waals surface area (Å²) >= 11 is 0. The lowest BCUT2D eigenvalue weighted by Gasteiger charge is -2.14. The SMILES string of the molecule is Cc1ccc(-c2noc(CCC(=O)NC3CCCCNC3=O)n2)cc1. The van der Waals surface area contributed by atoms with Gasteiger partial charge >= 0.3 is 0 Å². The standard InChI is InChI=1S/C18H22N4O3/c1-12-5-7-13(8-6-12)17-21-16(25-22-17)10-9-15(23)20-14-4-2-3-11-19-18(14)24/h5-8,14H,2-4,9-11H2,1H3,(H,19,24)(H,20,23). The van der Waals surface area contributed by atoms with E-state index >= 15 is 0 Å². The number of carbonyl (C=O) groups is 2. The maximum Gasteiger partial charge on any atom is 0.242 e. The molecule has 1 aliphatic rings. The van der Waals surface area contributed by atoms with Gasteiger partial charge in [-0.1, -0.05) is 35.0 Å². The van der Waals surface area contributed by atoms with E-state index in [2.05, 4.69) is 20.8 Å². The second-order valence-corrected chi connectivity index (χ2v) is 6.28. The van der Waals surface area contributed by atoms with Gasteiger partial charge in [0.05, 0.1) is 0 Å². The summed E-state index contributed by atoms with van der Waals surface area (Å²) in [5.74, 6) is 0.636. The molecule has 0 aliphatic carbocycles. The second-order valence-electron chi connectivity index (χ2n) is 6.28. The van der Waals surface area contributed by atoms with Crippen LogP contribution in [0, 0.1) is 6.92 Å². The molecule has 0 spiro atoms. The minimum atomic E-state index is -0.444. The third kappa shape index (κ3) is 4.65. The number of benzene rings is 1. The minimum Gasteiger partial charge on any atom is -0.354 e. The van der Waals surface area contributed by atoms with Gasteiger partial charge in [0, 0.05) is 24.9 Å². The highest BCUT2D eigenvalue weighted by Crippen LogP contribution is 2.16. The normalized spacial score (nSPS) is 17.6. The predicted molar refractivity (Wildman–Crippen MR) is 91.6 cm³/mol. The number of aryl methyl sites for hydroxylation is 2. The Morgan fingerprint density at radius 3 is 2.92 bits per heavy atom. The van der Waals surface area contributed by atoms with Crippen molar-refractivity contribution < 1.29 is 14.1 Å². The van der Waals surface area contributed by atoms with Gasteiger partial charge in [-0.2, -0.15) is 4.98 Å². The molecule has 2 amide bonds. The van der Waals surface area contributed by atoms with Crippen LogP contribution in [0.5, 0.6) is 0 Å². The molecule has 2 N–H and O–H groups in total. The molecule has 3 rings (SSSR count).